The van der Waals surface area contributed by atoms with Crippen LogP contribution in [0, 0.1) is 0 Å². The van der Waals surface area contributed by atoms with Crippen LogP contribution in [0.3, 0.4) is 0 Å². The molecule has 2 unspecified atom stereocenters. The summed E-state index contributed by atoms with van der Waals surface area (Å²) >= 11 is 0. The quantitative estimate of drug-likeness (QED) is 0.238. The van der Waals surface area contributed by atoms with Crippen molar-refractivity contribution in [2.75, 3.05) is 26.1 Å². The van der Waals surface area contributed by atoms with Crippen LogP contribution >= 0.6 is 0 Å². The molecule has 1 saturated heterocycles. The molecule has 3 aromatic rings. The number of nitrogens with one attached hydrogen (secondary N) is 1. The van der Waals surface area contributed by atoms with Crippen LogP contribution in [-0.2, 0) is 31.0 Å². The third-order valence-electron chi connectivity index (χ3n) is 7.08. The van der Waals surface area contributed by atoms with E-state index in [0.29, 0.717) is 18.7 Å². The van der Waals surface area contributed by atoms with Crippen LogP contribution in [0.5, 0.6) is 0 Å². The van der Waals surface area contributed by atoms with Gasteiger partial charge in [0.2, 0.25) is 0 Å². The Morgan fingerprint density at radius 1 is 1.06 bits per heavy atom. The molecule has 1 N–H and O–H groups in total. The molecule has 1 fully saturated rings. The summed E-state index contributed by atoms with van der Waals surface area (Å²) in [6.45, 7) is 1.47. The zero-order chi connectivity index (χ0) is 25.1. The predicted octanol–water partition coefficient (Wildman–Crippen LogP) is 4.53. The second-order valence-corrected chi connectivity index (χ2v) is 8.94. The topological polar surface area (TPSA) is 81.0 Å². The average Bonchev–Trinajstić information content (AvgIpc) is 3.63. The number of hydrogen-bond acceptors (Lipinski definition) is 7. The van der Waals surface area contributed by atoms with E-state index >= 15 is 0 Å². The van der Waals surface area contributed by atoms with Crippen molar-refractivity contribution in [3.8, 4) is 0 Å². The minimum Gasteiger partial charge on any atom is -0.472 e. The number of fused-ring (bicyclic) bond motifs is 2. The van der Waals surface area contributed by atoms with Gasteiger partial charge in [0.1, 0.15) is 0 Å². The molecule has 1 spiro atoms. The molecular weight excluding hydrogens is 456 g/mol. The molecule has 36 heavy (non-hydrogen) atoms. The number of carbonyl (C=O) groups is 2. The van der Waals surface area contributed by atoms with Crippen molar-refractivity contribution < 1.29 is 23.5 Å². The Morgan fingerprint density at radius 3 is 2.47 bits per heavy atom. The maximum atomic E-state index is 12.9. The average molecular weight is 485 g/mol. The highest BCUT2D eigenvalue weighted by Gasteiger charge is 2.56. The molecule has 1 aromatic heterocycles. The molecular formula is C29H28N2O5. The third-order valence-corrected chi connectivity index (χ3v) is 7.08. The fourth-order valence-electron chi connectivity index (χ4n) is 5.48. The first kappa shape index (κ1) is 23.6. The highest BCUT2D eigenvalue weighted by atomic mass is 16.5. The molecule has 0 amide bonds. The molecule has 0 aliphatic carbocycles. The van der Waals surface area contributed by atoms with E-state index in [9.17, 15) is 9.59 Å². The second kappa shape index (κ2) is 9.87. The molecule has 5 rings (SSSR count). The summed E-state index contributed by atoms with van der Waals surface area (Å²) in [7, 11) is 2.54. The summed E-state index contributed by atoms with van der Waals surface area (Å²) in [5.74, 6) is -1.45. The van der Waals surface area contributed by atoms with Gasteiger partial charge >= 0.3 is 11.9 Å². The number of likely N-dealkylation sites (tertiary alicyclic amines) is 1. The van der Waals surface area contributed by atoms with Crippen LogP contribution < -0.4 is 5.32 Å². The number of methoxy groups -OCH3 is 2. The Kier molecular flexibility index (Phi) is 6.48. The maximum absolute atomic E-state index is 12.9. The molecule has 2 aromatic carbocycles. The van der Waals surface area contributed by atoms with Crippen molar-refractivity contribution in [3.05, 3.63) is 107 Å². The van der Waals surface area contributed by atoms with E-state index in [2.05, 4.69) is 34.5 Å². The van der Waals surface area contributed by atoms with Crippen LogP contribution in [0.1, 0.15) is 23.1 Å². The molecule has 0 radical (unpaired) electrons. The Labute approximate surface area is 210 Å². The molecule has 2 aliphatic heterocycles. The van der Waals surface area contributed by atoms with Gasteiger partial charge in [0.15, 0.2) is 5.57 Å². The molecule has 0 bridgehead atoms. The number of para-hydroxylation sites is 1. The van der Waals surface area contributed by atoms with E-state index in [-0.39, 0.29) is 11.6 Å². The van der Waals surface area contributed by atoms with Crippen LogP contribution in [0.15, 0.2) is 95.0 Å². The second-order valence-electron chi connectivity index (χ2n) is 8.94. The summed E-state index contributed by atoms with van der Waals surface area (Å²) in [4.78, 5) is 28.3. The number of hydrogen-bond donors (Lipinski definition) is 1. The number of furan rings is 1. The molecule has 184 valence electrons. The van der Waals surface area contributed by atoms with Crippen LogP contribution in [-0.4, -0.2) is 43.6 Å². The Bertz CT molecular complexity index is 1290. The largest absolute Gasteiger partial charge is 0.472 e. The summed E-state index contributed by atoms with van der Waals surface area (Å²) in [6, 6.07) is 19.9. The smallest absolute Gasteiger partial charge is 0.347 e. The summed E-state index contributed by atoms with van der Waals surface area (Å²) in [5, 5.41) is 3.40. The lowest BCUT2D eigenvalue weighted by Crippen LogP contribution is -2.43. The van der Waals surface area contributed by atoms with Gasteiger partial charge in [-0.1, -0.05) is 60.7 Å². The maximum Gasteiger partial charge on any atom is 0.347 e. The Hall–Kier alpha value is -4.10. The highest BCUT2D eigenvalue weighted by Crippen LogP contribution is 2.54. The monoisotopic (exact) mass is 484 g/mol. The molecule has 2 aliphatic rings. The van der Waals surface area contributed by atoms with Crippen LogP contribution in [0.25, 0.3) is 6.08 Å². The lowest BCUT2D eigenvalue weighted by molar-refractivity contribution is -0.144. The van der Waals surface area contributed by atoms with Gasteiger partial charge in [0, 0.05) is 30.4 Å². The summed E-state index contributed by atoms with van der Waals surface area (Å²) < 4.78 is 15.4. The van der Waals surface area contributed by atoms with Crippen molar-refractivity contribution in [3.63, 3.8) is 0 Å². The number of nitrogens with zero attached hydrogens (tertiary/aromatic N) is 1. The van der Waals surface area contributed by atoms with Gasteiger partial charge in [-0.15, -0.1) is 0 Å². The fourth-order valence-corrected chi connectivity index (χ4v) is 5.48. The normalized spacial score (nSPS) is 20.9. The van der Waals surface area contributed by atoms with E-state index in [1.54, 1.807) is 12.5 Å². The van der Waals surface area contributed by atoms with E-state index in [1.165, 1.54) is 19.8 Å². The molecule has 3 heterocycles. The number of ether oxygens (including phenoxy) is 2. The minimum absolute atomic E-state index is 0.112. The van der Waals surface area contributed by atoms with Gasteiger partial charge in [-0.05, 0) is 29.7 Å². The number of anilines is 1. The van der Waals surface area contributed by atoms with Crippen LogP contribution in [0.4, 0.5) is 5.69 Å². The van der Waals surface area contributed by atoms with Gasteiger partial charge in [0.05, 0.1) is 37.9 Å². The first-order valence-corrected chi connectivity index (χ1v) is 11.8. The van der Waals surface area contributed by atoms with Gasteiger partial charge in [0.25, 0.3) is 0 Å². The number of rotatable bonds is 6. The summed E-state index contributed by atoms with van der Waals surface area (Å²) in [5.41, 5.74) is 3.72. The van der Waals surface area contributed by atoms with Gasteiger partial charge in [-0.2, -0.15) is 0 Å². The zero-order valence-corrected chi connectivity index (χ0v) is 20.3. The van der Waals surface area contributed by atoms with Gasteiger partial charge < -0.3 is 19.2 Å². The lowest BCUT2D eigenvalue weighted by atomic mass is 9.71. The number of benzene rings is 2. The van der Waals surface area contributed by atoms with Crippen LogP contribution in [0.2, 0.25) is 0 Å². The third kappa shape index (κ3) is 4.01. The Balaban J connectivity index is 1.71. The molecule has 2 atom stereocenters. The lowest BCUT2D eigenvalue weighted by Gasteiger charge is -2.35. The summed E-state index contributed by atoms with van der Waals surface area (Å²) in [6.07, 6.45) is 8.17. The minimum atomic E-state index is -0.726. The van der Waals surface area contributed by atoms with Gasteiger partial charge in [-0.3, -0.25) is 4.90 Å². The Morgan fingerprint density at radius 2 is 1.78 bits per heavy atom. The number of esters is 2. The molecule has 7 nitrogen and oxygen atoms in total. The SMILES string of the molecule is COC(=O)C(C(=O)OC)=C1Nc2ccccc2C12CCN(Cc1ccccc1)C2/C=C/c1ccoc1. The van der Waals surface area contributed by atoms with Gasteiger partial charge in [-0.25, -0.2) is 9.59 Å². The number of carbonyl (C=O) groups excluding carboxylic acids is 2. The van der Waals surface area contributed by atoms with Crippen molar-refractivity contribution in [2.45, 2.75) is 24.4 Å². The van der Waals surface area contributed by atoms with E-state index < -0.39 is 17.4 Å². The van der Waals surface area contributed by atoms with Crippen molar-refractivity contribution >= 4 is 23.7 Å². The first-order valence-electron chi connectivity index (χ1n) is 11.8. The van der Waals surface area contributed by atoms with Crippen molar-refractivity contribution in [1.82, 2.24) is 4.90 Å². The molecule has 0 saturated carbocycles. The molecule has 7 heteroatoms. The highest BCUT2D eigenvalue weighted by molar-refractivity contribution is 6.15. The fraction of sp³-hybridized carbons (Fsp3) is 0.241. The van der Waals surface area contributed by atoms with E-state index in [0.717, 1.165) is 23.4 Å². The predicted molar refractivity (Wildman–Crippen MR) is 136 cm³/mol. The van der Waals surface area contributed by atoms with Crippen molar-refractivity contribution in [1.29, 1.82) is 0 Å². The standard InChI is InChI=1S/C29H28N2O5/c1-34-27(32)25(28(33)35-2)26-29(22-10-6-7-11-23(22)30-26)15-16-31(18-20-8-4-3-5-9-20)24(29)13-12-21-14-17-36-19-21/h3-14,17,19,24,30H,15-16,18H2,1-2H3/b13-12+. The van der Waals surface area contributed by atoms with Crippen molar-refractivity contribution in [2.24, 2.45) is 0 Å². The van der Waals surface area contributed by atoms with E-state index in [4.69, 9.17) is 13.9 Å². The first-order chi connectivity index (χ1) is 17.6. The van der Waals surface area contributed by atoms with E-state index in [1.807, 2.05) is 48.5 Å². The zero-order valence-electron chi connectivity index (χ0n) is 20.3.